The molecule has 0 saturated carbocycles. The molecule has 2 aromatic carbocycles. The molecule has 1 aliphatic heterocycles. The van der Waals surface area contributed by atoms with Gasteiger partial charge < -0.3 is 20.9 Å². The minimum atomic E-state index is -0.553. The Morgan fingerprint density at radius 3 is 2.81 bits per heavy atom. The largest absolute Gasteiger partial charge is 0.381 e. The maximum absolute atomic E-state index is 11.8. The van der Waals surface area contributed by atoms with Crippen LogP contribution < -0.4 is 16.4 Å². The summed E-state index contributed by atoms with van der Waals surface area (Å²) in [5, 5.41) is 11.7. The average molecular weight is 414 g/mol. The standard InChI is InChI=1S/C23H22N6O2/c24-21(30)16-10-6-9-15-18(16)29-31-20(15)23-27-17-11-4-5-12-25-19(17)22(28-23)26-13-14-7-2-1-3-8-14/h1-3,6-10,25H,4-5,11-13H2,(H2,24,30)(H,26,27,28). The number of nitrogens with zero attached hydrogens (tertiary/aromatic N) is 3. The summed E-state index contributed by atoms with van der Waals surface area (Å²) in [5.41, 5.74) is 9.24. The van der Waals surface area contributed by atoms with Crippen LogP contribution in [0.4, 0.5) is 11.5 Å². The number of aromatic nitrogens is 3. The molecule has 5 rings (SSSR count). The van der Waals surface area contributed by atoms with Crippen molar-refractivity contribution in [3.8, 4) is 11.6 Å². The molecule has 0 spiro atoms. The van der Waals surface area contributed by atoms with Gasteiger partial charge in [-0.25, -0.2) is 9.97 Å². The summed E-state index contributed by atoms with van der Waals surface area (Å²) in [5.74, 6) is 1.03. The number of amides is 1. The quantitative estimate of drug-likeness (QED) is 0.455. The lowest BCUT2D eigenvalue weighted by Crippen LogP contribution is -2.11. The van der Waals surface area contributed by atoms with Crippen LogP contribution in [0.2, 0.25) is 0 Å². The number of aryl methyl sites for hydroxylation is 1. The minimum Gasteiger partial charge on any atom is -0.381 e. The van der Waals surface area contributed by atoms with Gasteiger partial charge in [-0.1, -0.05) is 41.6 Å². The van der Waals surface area contributed by atoms with Gasteiger partial charge in [-0.2, -0.15) is 0 Å². The first-order chi connectivity index (χ1) is 15.2. The normalized spacial score (nSPS) is 13.3. The van der Waals surface area contributed by atoms with Gasteiger partial charge in [0.05, 0.1) is 22.3 Å². The van der Waals surface area contributed by atoms with Gasteiger partial charge in [0.25, 0.3) is 5.91 Å². The number of hydrogen-bond acceptors (Lipinski definition) is 7. The Kier molecular flexibility index (Phi) is 4.95. The molecule has 0 bridgehead atoms. The van der Waals surface area contributed by atoms with E-state index in [0.29, 0.717) is 34.6 Å². The first kappa shape index (κ1) is 19.0. The molecule has 0 aliphatic carbocycles. The number of benzene rings is 2. The Balaban J connectivity index is 1.59. The number of primary amides is 1. The van der Waals surface area contributed by atoms with Crippen molar-refractivity contribution >= 4 is 28.3 Å². The van der Waals surface area contributed by atoms with Crippen molar-refractivity contribution in [1.29, 1.82) is 0 Å². The van der Waals surface area contributed by atoms with Crippen LogP contribution in [-0.2, 0) is 13.0 Å². The molecule has 8 heteroatoms. The molecule has 4 N–H and O–H groups in total. The van der Waals surface area contributed by atoms with E-state index in [1.54, 1.807) is 12.1 Å². The van der Waals surface area contributed by atoms with Crippen molar-refractivity contribution in [2.45, 2.75) is 25.8 Å². The van der Waals surface area contributed by atoms with Crippen molar-refractivity contribution in [3.63, 3.8) is 0 Å². The molecule has 1 amide bonds. The van der Waals surface area contributed by atoms with Gasteiger partial charge in [0, 0.05) is 13.1 Å². The summed E-state index contributed by atoms with van der Waals surface area (Å²) in [6.45, 7) is 1.51. The maximum atomic E-state index is 11.8. The molecule has 4 aromatic rings. The van der Waals surface area contributed by atoms with Gasteiger partial charge in [0.15, 0.2) is 5.82 Å². The lowest BCUT2D eigenvalue weighted by Gasteiger charge is -2.15. The third-order valence-electron chi connectivity index (χ3n) is 5.41. The van der Waals surface area contributed by atoms with E-state index in [1.165, 1.54) is 0 Å². The van der Waals surface area contributed by atoms with Crippen LogP contribution in [0.25, 0.3) is 22.5 Å². The Labute approximate surface area is 178 Å². The van der Waals surface area contributed by atoms with Crippen molar-refractivity contribution in [3.05, 3.63) is 65.4 Å². The van der Waals surface area contributed by atoms with Gasteiger partial charge in [0.2, 0.25) is 11.6 Å². The van der Waals surface area contributed by atoms with E-state index < -0.39 is 5.91 Å². The smallest absolute Gasteiger partial charge is 0.251 e. The summed E-state index contributed by atoms with van der Waals surface area (Å²) >= 11 is 0. The third-order valence-corrected chi connectivity index (χ3v) is 5.41. The lowest BCUT2D eigenvalue weighted by molar-refractivity contribution is 0.100. The zero-order valence-electron chi connectivity index (χ0n) is 16.9. The molecule has 3 heterocycles. The van der Waals surface area contributed by atoms with E-state index in [0.717, 1.165) is 48.6 Å². The van der Waals surface area contributed by atoms with E-state index in [-0.39, 0.29) is 0 Å². The first-order valence-corrected chi connectivity index (χ1v) is 10.3. The number of nitrogens with two attached hydrogens (primary N) is 1. The molecular formula is C23H22N6O2. The number of carbonyl (C=O) groups is 1. The fourth-order valence-electron chi connectivity index (χ4n) is 3.84. The molecule has 0 saturated heterocycles. The van der Waals surface area contributed by atoms with Crippen LogP contribution >= 0.6 is 0 Å². The average Bonchev–Trinajstić information content (AvgIpc) is 3.08. The summed E-state index contributed by atoms with van der Waals surface area (Å²) in [4.78, 5) is 21.3. The van der Waals surface area contributed by atoms with Crippen LogP contribution in [0.1, 0.15) is 34.5 Å². The van der Waals surface area contributed by atoms with E-state index in [1.807, 2.05) is 24.3 Å². The van der Waals surface area contributed by atoms with Crippen LogP contribution in [0, 0.1) is 0 Å². The van der Waals surface area contributed by atoms with Crippen molar-refractivity contribution < 1.29 is 9.32 Å². The summed E-state index contributed by atoms with van der Waals surface area (Å²) in [6.07, 6.45) is 2.95. The van der Waals surface area contributed by atoms with Crippen LogP contribution in [-0.4, -0.2) is 27.6 Å². The topological polar surface area (TPSA) is 119 Å². The van der Waals surface area contributed by atoms with Gasteiger partial charge >= 0.3 is 0 Å². The highest BCUT2D eigenvalue weighted by atomic mass is 16.5. The highest BCUT2D eigenvalue weighted by Gasteiger charge is 2.22. The Morgan fingerprint density at radius 1 is 1.10 bits per heavy atom. The number of nitrogens with one attached hydrogen (secondary N) is 2. The Bertz CT molecular complexity index is 1250. The predicted molar refractivity (Wildman–Crippen MR) is 119 cm³/mol. The second-order valence-electron chi connectivity index (χ2n) is 7.52. The van der Waals surface area contributed by atoms with Gasteiger partial charge in [-0.15, -0.1) is 0 Å². The molecule has 0 atom stereocenters. The molecule has 0 unspecified atom stereocenters. The van der Waals surface area contributed by atoms with E-state index in [4.69, 9.17) is 20.2 Å². The SMILES string of the molecule is NC(=O)c1cccc2c(-c3nc4c(c(NCc5ccccc5)n3)NCCCC4)onc12. The first-order valence-electron chi connectivity index (χ1n) is 10.3. The summed E-state index contributed by atoms with van der Waals surface area (Å²) in [6, 6.07) is 15.4. The van der Waals surface area contributed by atoms with Gasteiger partial charge in [-0.05, 0) is 37.0 Å². The summed E-state index contributed by atoms with van der Waals surface area (Å²) in [7, 11) is 0. The molecule has 0 fully saturated rings. The molecule has 156 valence electrons. The Morgan fingerprint density at radius 2 is 1.97 bits per heavy atom. The number of fused-ring (bicyclic) bond motifs is 2. The second-order valence-corrected chi connectivity index (χ2v) is 7.52. The third kappa shape index (κ3) is 3.68. The molecule has 1 aliphatic rings. The molecule has 0 radical (unpaired) electrons. The molecule has 8 nitrogen and oxygen atoms in total. The molecule has 2 aromatic heterocycles. The van der Waals surface area contributed by atoms with E-state index in [2.05, 4.69) is 27.9 Å². The highest BCUT2D eigenvalue weighted by Crippen LogP contribution is 2.33. The predicted octanol–water partition coefficient (Wildman–Crippen LogP) is 3.74. The number of carbonyl (C=O) groups excluding carboxylic acids is 1. The summed E-state index contributed by atoms with van der Waals surface area (Å²) < 4.78 is 5.60. The van der Waals surface area contributed by atoms with Gasteiger partial charge in [-0.3, -0.25) is 4.79 Å². The zero-order valence-corrected chi connectivity index (χ0v) is 16.9. The number of rotatable bonds is 5. The van der Waals surface area contributed by atoms with E-state index in [9.17, 15) is 4.79 Å². The van der Waals surface area contributed by atoms with E-state index >= 15 is 0 Å². The fourth-order valence-corrected chi connectivity index (χ4v) is 3.84. The second kappa shape index (κ2) is 8.06. The minimum absolute atomic E-state index is 0.311. The monoisotopic (exact) mass is 414 g/mol. The zero-order chi connectivity index (χ0) is 21.2. The van der Waals surface area contributed by atoms with Crippen LogP contribution in [0.5, 0.6) is 0 Å². The van der Waals surface area contributed by atoms with Crippen LogP contribution in [0.3, 0.4) is 0 Å². The molecule has 31 heavy (non-hydrogen) atoms. The highest BCUT2D eigenvalue weighted by molar-refractivity contribution is 6.07. The van der Waals surface area contributed by atoms with Crippen LogP contribution in [0.15, 0.2) is 53.1 Å². The number of hydrogen-bond donors (Lipinski definition) is 3. The van der Waals surface area contributed by atoms with Crippen molar-refractivity contribution in [2.24, 2.45) is 5.73 Å². The lowest BCUT2D eigenvalue weighted by atomic mass is 10.1. The van der Waals surface area contributed by atoms with Crippen molar-refractivity contribution in [1.82, 2.24) is 15.1 Å². The number of anilines is 2. The van der Waals surface area contributed by atoms with Crippen molar-refractivity contribution in [2.75, 3.05) is 17.2 Å². The molecular weight excluding hydrogens is 392 g/mol. The Hall–Kier alpha value is -3.94. The fraction of sp³-hybridized carbons (Fsp3) is 0.217. The maximum Gasteiger partial charge on any atom is 0.251 e. The van der Waals surface area contributed by atoms with Gasteiger partial charge in [0.1, 0.15) is 5.52 Å².